The lowest BCUT2D eigenvalue weighted by Crippen LogP contribution is -2.14. The minimum absolute atomic E-state index is 0.230. The third-order valence-electron chi connectivity index (χ3n) is 2.95. The fraction of sp³-hybridized carbons (Fsp3) is 0.231. The van der Waals surface area contributed by atoms with Gasteiger partial charge >= 0.3 is 0 Å². The Balaban J connectivity index is 1.88. The summed E-state index contributed by atoms with van der Waals surface area (Å²) in [4.78, 5) is 2.05. The Morgan fingerprint density at radius 1 is 1.26 bits per heavy atom. The van der Waals surface area contributed by atoms with Gasteiger partial charge in [-0.25, -0.2) is 4.39 Å². The zero-order valence-electron chi connectivity index (χ0n) is 10.3. The molecule has 19 heavy (non-hydrogen) atoms. The number of rotatable bonds is 4. The van der Waals surface area contributed by atoms with Crippen LogP contribution in [0, 0.1) is 5.82 Å². The van der Waals surface area contributed by atoms with Crippen molar-refractivity contribution >= 4 is 23.4 Å². The van der Waals surface area contributed by atoms with Crippen LogP contribution in [0.3, 0.4) is 0 Å². The lowest BCUT2D eigenvalue weighted by atomic mass is 10.3. The van der Waals surface area contributed by atoms with Crippen molar-refractivity contribution in [1.29, 1.82) is 0 Å². The predicted molar refractivity (Wildman–Crippen MR) is 74.3 cm³/mol. The van der Waals surface area contributed by atoms with Crippen LogP contribution in [0.2, 0.25) is 0 Å². The molecule has 0 N–H and O–H groups in total. The quantitative estimate of drug-likeness (QED) is 0.635. The molecule has 0 unspecified atom stereocenters. The number of halogens is 1. The fourth-order valence-electron chi connectivity index (χ4n) is 2.08. The monoisotopic (exact) mass is 276 g/mol. The molecule has 0 amide bonds. The van der Waals surface area contributed by atoms with E-state index >= 15 is 0 Å². The molecule has 0 spiro atoms. The molecule has 0 saturated carbocycles. The normalized spacial score (nSPS) is 13.6. The van der Waals surface area contributed by atoms with Crippen LogP contribution >= 0.6 is 11.8 Å². The molecular weight excluding hydrogens is 263 g/mol. The molecule has 4 nitrogen and oxygen atoms in total. The Labute approximate surface area is 114 Å². The highest BCUT2D eigenvalue weighted by Crippen LogP contribution is 2.31. The van der Waals surface area contributed by atoms with Gasteiger partial charge in [0.25, 0.3) is 0 Å². The van der Waals surface area contributed by atoms with Crippen LogP contribution in [0.25, 0.3) is 0 Å². The second kappa shape index (κ2) is 5.05. The summed E-state index contributed by atoms with van der Waals surface area (Å²) in [6.07, 6.45) is 1.85. The lowest BCUT2D eigenvalue weighted by Gasteiger charge is -2.14. The highest BCUT2D eigenvalue weighted by atomic mass is 32.2. The maximum absolute atomic E-state index is 12.9. The Morgan fingerprint density at radius 2 is 2.05 bits per heavy atom. The molecule has 0 bridgehead atoms. The molecule has 0 atom stereocenters. The molecule has 1 aromatic heterocycles. The van der Waals surface area contributed by atoms with Crippen molar-refractivity contribution < 1.29 is 4.39 Å². The molecule has 2 aromatic rings. The smallest absolute Gasteiger partial charge is 0.232 e. The largest absolute Gasteiger partial charge is 0.309 e. The third kappa shape index (κ3) is 2.23. The average Bonchev–Trinajstić information content (AvgIpc) is 2.99. The SMILES string of the molecule is C=CCSc1nnc2n1CCN2c1ccc(F)cc1. The Morgan fingerprint density at radius 3 is 2.79 bits per heavy atom. The summed E-state index contributed by atoms with van der Waals surface area (Å²) in [6, 6.07) is 6.44. The first-order valence-electron chi connectivity index (χ1n) is 5.99. The minimum Gasteiger partial charge on any atom is -0.309 e. The molecule has 3 rings (SSSR count). The summed E-state index contributed by atoms with van der Waals surface area (Å²) in [5.74, 6) is 1.40. The van der Waals surface area contributed by atoms with Gasteiger partial charge in [-0.2, -0.15) is 0 Å². The van der Waals surface area contributed by atoms with Gasteiger partial charge in [-0.1, -0.05) is 17.8 Å². The Kier molecular flexibility index (Phi) is 3.25. The van der Waals surface area contributed by atoms with E-state index in [1.54, 1.807) is 23.9 Å². The first-order valence-corrected chi connectivity index (χ1v) is 6.98. The molecule has 6 heteroatoms. The maximum Gasteiger partial charge on any atom is 0.232 e. The zero-order valence-corrected chi connectivity index (χ0v) is 11.1. The van der Waals surface area contributed by atoms with E-state index < -0.39 is 0 Å². The van der Waals surface area contributed by atoms with Crippen molar-refractivity contribution in [2.24, 2.45) is 0 Å². The number of benzene rings is 1. The van der Waals surface area contributed by atoms with Crippen molar-refractivity contribution in [2.75, 3.05) is 17.2 Å². The zero-order chi connectivity index (χ0) is 13.2. The van der Waals surface area contributed by atoms with Gasteiger partial charge in [-0.05, 0) is 24.3 Å². The fourth-order valence-corrected chi connectivity index (χ4v) is 2.78. The predicted octanol–water partition coefficient (Wildman–Crippen LogP) is 2.85. The second-order valence-electron chi connectivity index (χ2n) is 4.16. The van der Waals surface area contributed by atoms with Gasteiger partial charge in [0, 0.05) is 24.5 Å². The Bertz CT molecular complexity index is 593. The highest BCUT2D eigenvalue weighted by molar-refractivity contribution is 7.99. The number of thioether (sulfide) groups is 1. The van der Waals surface area contributed by atoms with Crippen molar-refractivity contribution in [3.05, 3.63) is 42.7 Å². The topological polar surface area (TPSA) is 34.0 Å². The summed E-state index contributed by atoms with van der Waals surface area (Å²) in [5, 5.41) is 9.30. The van der Waals surface area contributed by atoms with Crippen LogP contribution in [0.1, 0.15) is 0 Å². The van der Waals surface area contributed by atoms with E-state index in [2.05, 4.69) is 21.3 Å². The molecule has 0 fully saturated rings. The number of anilines is 2. The summed E-state index contributed by atoms with van der Waals surface area (Å²) in [7, 11) is 0. The number of aromatic nitrogens is 3. The molecule has 0 aliphatic carbocycles. The molecule has 0 saturated heterocycles. The van der Waals surface area contributed by atoms with E-state index in [0.29, 0.717) is 0 Å². The lowest BCUT2D eigenvalue weighted by molar-refractivity contribution is 0.627. The van der Waals surface area contributed by atoms with Gasteiger partial charge in [0.1, 0.15) is 5.82 Å². The van der Waals surface area contributed by atoms with Crippen LogP contribution in [0.4, 0.5) is 16.0 Å². The van der Waals surface area contributed by atoms with Gasteiger partial charge in [0.05, 0.1) is 0 Å². The van der Waals surface area contributed by atoms with Crippen LogP contribution in [0.15, 0.2) is 42.1 Å². The first-order chi connectivity index (χ1) is 9.29. The van der Waals surface area contributed by atoms with Gasteiger partial charge in [-0.15, -0.1) is 16.8 Å². The molecule has 98 valence electrons. The van der Waals surface area contributed by atoms with E-state index in [0.717, 1.165) is 35.6 Å². The van der Waals surface area contributed by atoms with Gasteiger partial charge < -0.3 is 4.90 Å². The number of fused-ring (bicyclic) bond motifs is 1. The van der Waals surface area contributed by atoms with Gasteiger partial charge in [0.2, 0.25) is 5.95 Å². The third-order valence-corrected chi connectivity index (χ3v) is 3.92. The van der Waals surface area contributed by atoms with E-state index in [1.807, 2.05) is 11.0 Å². The van der Waals surface area contributed by atoms with Crippen LogP contribution in [0.5, 0.6) is 0 Å². The van der Waals surface area contributed by atoms with Crippen molar-refractivity contribution in [1.82, 2.24) is 14.8 Å². The molecule has 1 aliphatic heterocycles. The Hall–Kier alpha value is -1.82. The standard InChI is InChI=1S/C13H13FN4S/c1-2-9-19-13-16-15-12-17(7-8-18(12)13)11-5-3-10(14)4-6-11/h2-6H,1,7-9H2. The van der Waals surface area contributed by atoms with Gasteiger partial charge in [0.15, 0.2) is 5.16 Å². The molecule has 0 radical (unpaired) electrons. The molecule has 1 aromatic carbocycles. The van der Waals surface area contributed by atoms with Crippen molar-refractivity contribution in [3.63, 3.8) is 0 Å². The van der Waals surface area contributed by atoms with E-state index in [9.17, 15) is 4.39 Å². The highest BCUT2D eigenvalue weighted by Gasteiger charge is 2.25. The second-order valence-corrected chi connectivity index (χ2v) is 5.15. The van der Waals surface area contributed by atoms with E-state index in [1.165, 1.54) is 12.1 Å². The average molecular weight is 276 g/mol. The maximum atomic E-state index is 12.9. The summed E-state index contributed by atoms with van der Waals surface area (Å²) in [5.41, 5.74) is 0.938. The van der Waals surface area contributed by atoms with E-state index in [4.69, 9.17) is 0 Å². The summed E-state index contributed by atoms with van der Waals surface area (Å²) >= 11 is 1.62. The van der Waals surface area contributed by atoms with Crippen LogP contribution in [-0.4, -0.2) is 27.1 Å². The first kappa shape index (κ1) is 12.2. The van der Waals surface area contributed by atoms with E-state index in [-0.39, 0.29) is 5.82 Å². The van der Waals surface area contributed by atoms with Crippen LogP contribution < -0.4 is 4.90 Å². The number of hydrogen-bond acceptors (Lipinski definition) is 4. The van der Waals surface area contributed by atoms with Crippen molar-refractivity contribution in [2.45, 2.75) is 11.7 Å². The molecule has 2 heterocycles. The summed E-state index contributed by atoms with van der Waals surface area (Å²) < 4.78 is 15.0. The summed E-state index contributed by atoms with van der Waals surface area (Å²) in [6.45, 7) is 5.38. The molecule has 1 aliphatic rings. The number of nitrogens with zero attached hydrogens (tertiary/aromatic N) is 4. The molecular formula is C13H13FN4S. The minimum atomic E-state index is -0.230. The van der Waals surface area contributed by atoms with Gasteiger partial charge in [-0.3, -0.25) is 4.57 Å². The number of hydrogen-bond donors (Lipinski definition) is 0. The van der Waals surface area contributed by atoms with Crippen molar-refractivity contribution in [3.8, 4) is 0 Å². The van der Waals surface area contributed by atoms with Crippen LogP contribution in [-0.2, 0) is 6.54 Å².